The Morgan fingerprint density at radius 2 is 1.70 bits per heavy atom. The standard InChI is InChI=1S/C11H13BrN2O5.C10H13N5O5.C3H6O2/c12-2-1-6-4-14(11(18)13-10(6)17)9-3-7(16)8(5-15)19-9;11-10-13-7-4(8(19)14-10)12-2-15(7)9-6(18)5(17)3(1-16)20-9;1-2-5-3-4-1/h1-2,4,7-9,15-16H,3,5H2,(H,13,17,18);2-3,5-6,9,16-18H,1H2,(H3,11,13,14,19);1-3H2/b2-1+;;/t7-,8+,9+;3-,5-,6-,9-;/m01./s1. The van der Waals surface area contributed by atoms with E-state index >= 15 is 0 Å². The molecule has 0 unspecified atom stereocenters. The van der Waals surface area contributed by atoms with Crippen molar-refractivity contribution in [2.75, 3.05) is 39.0 Å². The van der Waals surface area contributed by atoms with Gasteiger partial charge in [-0.05, 0) is 11.1 Å². The van der Waals surface area contributed by atoms with E-state index in [1.165, 1.54) is 32.7 Å². The highest BCUT2D eigenvalue weighted by molar-refractivity contribution is 9.11. The first-order valence-corrected chi connectivity index (χ1v) is 14.1. The van der Waals surface area contributed by atoms with Crippen LogP contribution in [0.2, 0.25) is 0 Å². The van der Waals surface area contributed by atoms with Gasteiger partial charge in [0.15, 0.2) is 17.4 Å². The highest BCUT2D eigenvalue weighted by Crippen LogP contribution is 2.31. The largest absolute Gasteiger partial charge is 0.394 e. The monoisotopic (exact) mass is 689 g/mol. The van der Waals surface area contributed by atoms with Crippen molar-refractivity contribution in [2.24, 2.45) is 0 Å². The number of fused-ring (bicyclic) bond motifs is 1. The summed E-state index contributed by atoms with van der Waals surface area (Å²) in [5, 5.41) is 47.4. The van der Waals surface area contributed by atoms with Gasteiger partial charge in [0.25, 0.3) is 11.1 Å². The molecule has 3 saturated heterocycles. The molecule has 6 heterocycles. The van der Waals surface area contributed by atoms with E-state index in [1.54, 1.807) is 0 Å². The molecule has 3 aliphatic heterocycles. The highest BCUT2D eigenvalue weighted by atomic mass is 79.9. The molecule has 3 aliphatic rings. The van der Waals surface area contributed by atoms with Crippen molar-refractivity contribution in [3.05, 3.63) is 54.3 Å². The second-order valence-corrected chi connectivity index (χ2v) is 10.1. The molecule has 0 amide bonds. The lowest BCUT2D eigenvalue weighted by Gasteiger charge is -2.16. The van der Waals surface area contributed by atoms with Crippen LogP contribution in [0.15, 0.2) is 31.9 Å². The summed E-state index contributed by atoms with van der Waals surface area (Å²) in [5.41, 5.74) is 4.27. The molecule has 6 rings (SSSR count). The molecule has 242 valence electrons. The second kappa shape index (κ2) is 15.1. The normalized spacial score (nSPS) is 28.2. The summed E-state index contributed by atoms with van der Waals surface area (Å²) in [6.07, 6.45) is -2.47. The van der Waals surface area contributed by atoms with Gasteiger partial charge >= 0.3 is 5.69 Å². The van der Waals surface area contributed by atoms with Gasteiger partial charge < -0.3 is 50.2 Å². The van der Waals surface area contributed by atoms with Crippen LogP contribution >= 0.6 is 15.9 Å². The predicted molar refractivity (Wildman–Crippen MR) is 153 cm³/mol. The fourth-order valence-corrected chi connectivity index (χ4v) is 4.77. The molecule has 0 aromatic carbocycles. The topological polar surface area (TPSA) is 283 Å². The Balaban J connectivity index is 0.000000173. The molecule has 0 radical (unpaired) electrons. The Labute approximate surface area is 255 Å². The third-order valence-corrected chi connectivity index (χ3v) is 6.98. The van der Waals surface area contributed by atoms with E-state index in [2.05, 4.69) is 35.9 Å². The van der Waals surface area contributed by atoms with Crippen LogP contribution in [0.25, 0.3) is 17.2 Å². The average Bonchev–Trinajstić information content (AvgIpc) is 3.80. The number of imidazole rings is 1. The third kappa shape index (κ3) is 7.48. The van der Waals surface area contributed by atoms with Crippen molar-refractivity contribution in [3.63, 3.8) is 0 Å². The van der Waals surface area contributed by atoms with Crippen LogP contribution in [-0.2, 0) is 18.9 Å². The number of anilines is 1. The molecule has 20 heteroatoms. The maximum atomic E-state index is 11.7. The van der Waals surface area contributed by atoms with Gasteiger partial charge in [-0.1, -0.05) is 15.9 Å². The third-order valence-electron chi connectivity index (χ3n) is 6.71. The Morgan fingerprint density at radius 1 is 1.00 bits per heavy atom. The Bertz CT molecular complexity index is 1590. The molecule has 0 spiro atoms. The summed E-state index contributed by atoms with van der Waals surface area (Å²) < 4.78 is 22.7. The number of nitrogens with zero attached hydrogens (tertiary/aromatic N) is 4. The zero-order valence-electron chi connectivity index (χ0n) is 22.9. The van der Waals surface area contributed by atoms with Crippen LogP contribution in [0.3, 0.4) is 0 Å². The number of nitrogens with one attached hydrogen (secondary N) is 2. The number of H-pyrrole nitrogens is 2. The van der Waals surface area contributed by atoms with Gasteiger partial charge in [0.1, 0.15) is 37.4 Å². The van der Waals surface area contributed by atoms with Crippen molar-refractivity contribution in [1.29, 1.82) is 0 Å². The molecule has 0 bridgehead atoms. The maximum Gasteiger partial charge on any atom is 0.330 e. The summed E-state index contributed by atoms with van der Waals surface area (Å²) in [6, 6.07) is 0. The van der Waals surface area contributed by atoms with Gasteiger partial charge in [-0.3, -0.25) is 28.7 Å². The number of aromatic amines is 2. The van der Waals surface area contributed by atoms with E-state index in [9.17, 15) is 29.7 Å². The number of aliphatic hydroxyl groups is 5. The second-order valence-electron chi connectivity index (χ2n) is 9.60. The molecular formula is C24H32BrN7O12. The lowest BCUT2D eigenvalue weighted by atomic mass is 10.1. The number of aliphatic hydroxyl groups excluding tert-OH is 5. The molecule has 0 saturated carbocycles. The average molecular weight is 690 g/mol. The fraction of sp³-hybridized carbons (Fsp3) is 0.542. The molecule has 3 aromatic heterocycles. The van der Waals surface area contributed by atoms with Gasteiger partial charge in [-0.25, -0.2) is 9.78 Å². The lowest BCUT2D eigenvalue weighted by Crippen LogP contribution is -2.33. The van der Waals surface area contributed by atoms with Gasteiger partial charge in [-0.15, -0.1) is 0 Å². The van der Waals surface area contributed by atoms with Gasteiger partial charge in [0.2, 0.25) is 5.95 Å². The van der Waals surface area contributed by atoms with Crippen LogP contribution in [0.1, 0.15) is 24.4 Å². The first-order chi connectivity index (χ1) is 21.1. The quantitative estimate of drug-likeness (QED) is 0.131. The van der Waals surface area contributed by atoms with Crippen molar-refractivity contribution < 1.29 is 44.5 Å². The minimum absolute atomic E-state index is 0.0388. The molecule has 19 nitrogen and oxygen atoms in total. The zero-order chi connectivity index (χ0) is 32.0. The van der Waals surface area contributed by atoms with Gasteiger partial charge in [0.05, 0.1) is 44.4 Å². The van der Waals surface area contributed by atoms with Crippen LogP contribution in [-0.4, -0.2) is 118 Å². The van der Waals surface area contributed by atoms with Crippen LogP contribution < -0.4 is 22.5 Å². The number of rotatable bonds is 5. The number of aromatic nitrogens is 6. The first kappa shape index (κ1) is 33.6. The molecule has 0 aliphatic carbocycles. The predicted octanol–water partition coefficient (Wildman–Crippen LogP) is -3.15. The van der Waals surface area contributed by atoms with Crippen LogP contribution in [0.5, 0.6) is 0 Å². The summed E-state index contributed by atoms with van der Waals surface area (Å²) in [7, 11) is 0. The number of halogens is 1. The molecule has 9 N–H and O–H groups in total. The number of ether oxygens (including phenoxy) is 4. The van der Waals surface area contributed by atoms with Gasteiger partial charge in [-0.2, -0.15) is 4.98 Å². The van der Waals surface area contributed by atoms with E-state index in [0.717, 1.165) is 13.2 Å². The van der Waals surface area contributed by atoms with E-state index in [-0.39, 0.29) is 35.7 Å². The minimum atomic E-state index is -1.29. The Kier molecular flexibility index (Phi) is 11.5. The summed E-state index contributed by atoms with van der Waals surface area (Å²) in [4.78, 5) is 48.7. The summed E-state index contributed by atoms with van der Waals surface area (Å²) in [5.74, 6) is -0.101. The van der Waals surface area contributed by atoms with Crippen LogP contribution in [0, 0.1) is 0 Å². The Morgan fingerprint density at radius 3 is 2.27 bits per heavy atom. The number of nitrogen functional groups attached to an aromatic ring is 1. The summed E-state index contributed by atoms with van der Waals surface area (Å²) in [6.45, 7) is 1.28. The van der Waals surface area contributed by atoms with Crippen molar-refractivity contribution in [1.82, 2.24) is 29.1 Å². The minimum Gasteiger partial charge on any atom is -0.394 e. The van der Waals surface area contributed by atoms with E-state index in [1.807, 2.05) is 0 Å². The highest BCUT2D eigenvalue weighted by Gasteiger charge is 2.44. The molecule has 44 heavy (non-hydrogen) atoms. The summed E-state index contributed by atoms with van der Waals surface area (Å²) >= 11 is 3.05. The number of nitrogens with two attached hydrogens (primary N) is 1. The van der Waals surface area contributed by atoms with Crippen LogP contribution in [0.4, 0.5) is 5.95 Å². The smallest absolute Gasteiger partial charge is 0.330 e. The molecule has 3 fully saturated rings. The SMILES string of the molecule is C1COCO1.Nc1nc2c(ncn2[C@@H]2O[C@H](CO)[C@@H](O)[C@H]2O)c(=O)[nH]1.O=c1[nH]c(=O)n([C@H]2C[C@H](O)[C@@H](CO)O2)cc1/C=C/Br. The first-order valence-electron chi connectivity index (χ1n) is 13.2. The fourth-order valence-electron chi connectivity index (χ4n) is 4.49. The maximum absolute atomic E-state index is 11.7. The van der Waals surface area contributed by atoms with E-state index in [0.29, 0.717) is 6.79 Å². The zero-order valence-corrected chi connectivity index (χ0v) is 24.5. The van der Waals surface area contributed by atoms with Crippen molar-refractivity contribution >= 4 is 39.1 Å². The van der Waals surface area contributed by atoms with E-state index in [4.69, 9.17) is 34.9 Å². The lowest BCUT2D eigenvalue weighted by molar-refractivity contribution is -0.0511. The van der Waals surface area contributed by atoms with Crippen molar-refractivity contribution in [2.45, 2.75) is 49.4 Å². The molecular weight excluding hydrogens is 658 g/mol. The van der Waals surface area contributed by atoms with Gasteiger partial charge in [0, 0.05) is 12.6 Å². The Hall–Kier alpha value is -3.31. The number of hydrogen-bond acceptors (Lipinski definition) is 15. The number of hydrogen-bond donors (Lipinski definition) is 8. The molecule has 7 atom stereocenters. The van der Waals surface area contributed by atoms with Crippen molar-refractivity contribution in [3.8, 4) is 0 Å². The van der Waals surface area contributed by atoms with E-state index < -0.39 is 66.4 Å². The molecule has 3 aromatic rings.